The Morgan fingerprint density at radius 2 is 1.52 bits per heavy atom. The van der Waals surface area contributed by atoms with E-state index in [2.05, 4.69) is 0 Å². The van der Waals surface area contributed by atoms with Crippen LogP contribution in [0.1, 0.15) is 93.9 Å². The summed E-state index contributed by atoms with van der Waals surface area (Å²) in [5.74, 6) is 0. The average Bonchev–Trinajstić information content (AvgIpc) is 3.09. The highest BCUT2D eigenvalue weighted by Gasteiger charge is 2.61. The van der Waals surface area contributed by atoms with Crippen molar-refractivity contribution >= 4 is 33.7 Å². The minimum absolute atomic E-state index is 0.00196. The Bertz CT molecular complexity index is 765. The molecule has 1 heterocycles. The smallest absolute Gasteiger partial charge is 0.359 e. The number of aliphatic hydroxyl groups excluding tert-OH is 1. The van der Waals surface area contributed by atoms with Gasteiger partial charge in [-0.15, -0.1) is 0 Å². The monoisotopic (exact) mass is 528 g/mol. The fourth-order valence-electron chi connectivity index (χ4n) is 4.50. The molecule has 33 heavy (non-hydrogen) atoms. The molecule has 0 spiro atoms. The molecule has 0 amide bonds. The molecule has 0 aromatic carbocycles. The fraction of sp³-hybridized carbons (Fsp3) is 1.00. The van der Waals surface area contributed by atoms with Crippen molar-refractivity contribution in [3.05, 3.63) is 0 Å². The van der Waals surface area contributed by atoms with Gasteiger partial charge >= 0.3 is 7.60 Å². The molecule has 8 atom stereocenters. The van der Waals surface area contributed by atoms with Gasteiger partial charge in [0, 0.05) is 6.00 Å². The van der Waals surface area contributed by atoms with Crippen LogP contribution in [0.4, 0.5) is 0 Å². The minimum atomic E-state index is -4.55. The SMILES string of the molecule is [B]C1CC(O)C(C(C)(CC)OP(O)(=S)C(C)(CC)C(CC)(CC)OP(=O)(O)C(C)(O)CC)O1. The van der Waals surface area contributed by atoms with Crippen LogP contribution in [-0.2, 0) is 30.2 Å². The topological polar surface area (TPSA) is 126 Å². The second-order valence-electron chi connectivity index (χ2n) is 9.69. The zero-order valence-corrected chi connectivity index (χ0v) is 23.9. The van der Waals surface area contributed by atoms with Crippen LogP contribution in [0, 0.1) is 0 Å². The predicted octanol–water partition coefficient (Wildman–Crippen LogP) is 4.17. The first-order valence-corrected chi connectivity index (χ1v) is 16.0. The van der Waals surface area contributed by atoms with Gasteiger partial charge in [-0.3, -0.25) is 9.09 Å². The number of ether oxygens (including phenoxy) is 1. The highest BCUT2D eigenvalue weighted by molar-refractivity contribution is 8.10. The third-order valence-corrected chi connectivity index (χ3v) is 14.0. The second kappa shape index (κ2) is 11.0. The van der Waals surface area contributed by atoms with E-state index in [0.29, 0.717) is 6.42 Å². The van der Waals surface area contributed by atoms with Crippen LogP contribution >= 0.6 is 14.1 Å². The van der Waals surface area contributed by atoms with E-state index in [1.54, 1.807) is 34.6 Å². The van der Waals surface area contributed by atoms with Crippen LogP contribution in [-0.4, -0.2) is 67.8 Å². The first-order valence-electron chi connectivity index (χ1n) is 11.8. The fourth-order valence-corrected chi connectivity index (χ4v) is 9.78. The number of hydrogen-bond acceptors (Lipinski definition) is 7. The van der Waals surface area contributed by atoms with Gasteiger partial charge in [0.05, 0.1) is 16.9 Å². The second-order valence-corrected chi connectivity index (χ2v) is 15.6. The van der Waals surface area contributed by atoms with Gasteiger partial charge in [0.15, 0.2) is 11.8 Å². The molecule has 12 heteroatoms. The van der Waals surface area contributed by atoms with Crippen molar-refractivity contribution in [3.63, 3.8) is 0 Å². The Kier molecular flexibility index (Phi) is 10.5. The normalized spacial score (nSPS) is 31.1. The zero-order chi connectivity index (χ0) is 26.1. The molecule has 0 aliphatic carbocycles. The van der Waals surface area contributed by atoms with Gasteiger partial charge in [0.1, 0.15) is 19.6 Å². The van der Waals surface area contributed by atoms with Crippen LogP contribution in [0.15, 0.2) is 0 Å². The third kappa shape index (κ3) is 5.82. The lowest BCUT2D eigenvalue weighted by Crippen LogP contribution is -2.55. The van der Waals surface area contributed by atoms with Crippen molar-refractivity contribution in [1.29, 1.82) is 0 Å². The molecule has 1 aliphatic heterocycles. The molecule has 1 aliphatic rings. The molecule has 1 fully saturated rings. The first-order chi connectivity index (χ1) is 14.9. The Balaban J connectivity index is 3.53. The molecule has 1 saturated heterocycles. The molecule has 0 aromatic rings. The molecule has 194 valence electrons. The quantitative estimate of drug-likeness (QED) is 0.206. The largest absolute Gasteiger partial charge is 0.390 e. The minimum Gasteiger partial charge on any atom is -0.390 e. The Labute approximate surface area is 205 Å². The van der Waals surface area contributed by atoms with E-state index in [1.165, 1.54) is 6.92 Å². The summed E-state index contributed by atoms with van der Waals surface area (Å²) in [5.41, 5.74) is -2.52. The van der Waals surface area contributed by atoms with Crippen molar-refractivity contribution in [3.8, 4) is 0 Å². The molecule has 0 aromatic heterocycles. The Morgan fingerprint density at radius 3 is 1.85 bits per heavy atom. The molecule has 8 nitrogen and oxygen atoms in total. The summed E-state index contributed by atoms with van der Waals surface area (Å²) in [6.07, 6.45) is -0.297. The van der Waals surface area contributed by atoms with E-state index in [1.807, 2.05) is 13.8 Å². The zero-order valence-electron chi connectivity index (χ0n) is 21.3. The van der Waals surface area contributed by atoms with Crippen LogP contribution < -0.4 is 0 Å². The lowest BCUT2D eigenvalue weighted by atomic mass is 9.81. The van der Waals surface area contributed by atoms with E-state index < -0.39 is 54.0 Å². The maximum Gasteiger partial charge on any atom is 0.359 e. The predicted molar refractivity (Wildman–Crippen MR) is 135 cm³/mol. The van der Waals surface area contributed by atoms with Gasteiger partial charge in [-0.05, 0) is 71.1 Å². The van der Waals surface area contributed by atoms with Gasteiger partial charge in [-0.1, -0.05) is 34.6 Å². The number of aliphatic hydroxyl groups is 2. The maximum atomic E-state index is 13.2. The molecule has 8 unspecified atom stereocenters. The van der Waals surface area contributed by atoms with Crippen molar-refractivity contribution in [2.45, 2.75) is 134 Å². The van der Waals surface area contributed by atoms with E-state index in [9.17, 15) is 24.6 Å². The summed E-state index contributed by atoms with van der Waals surface area (Å²) in [4.78, 5) is 22.5. The first kappa shape index (κ1) is 31.7. The lowest BCUT2D eigenvalue weighted by molar-refractivity contribution is -0.102. The molecule has 0 bridgehead atoms. The molecular formula is C21H43BO8P2S. The molecular weight excluding hydrogens is 485 g/mol. The lowest BCUT2D eigenvalue weighted by Gasteiger charge is -2.53. The van der Waals surface area contributed by atoms with Crippen molar-refractivity contribution in [1.82, 2.24) is 0 Å². The van der Waals surface area contributed by atoms with Crippen LogP contribution in [0.25, 0.3) is 0 Å². The van der Waals surface area contributed by atoms with E-state index in [0.717, 1.165) is 0 Å². The van der Waals surface area contributed by atoms with E-state index >= 15 is 0 Å². The van der Waals surface area contributed by atoms with Gasteiger partial charge < -0.3 is 29.3 Å². The van der Waals surface area contributed by atoms with Crippen molar-refractivity contribution in [2.24, 2.45) is 0 Å². The van der Waals surface area contributed by atoms with Gasteiger partial charge in [-0.25, -0.2) is 0 Å². The standard InChI is InChI=1S/C21H43BO8P2S/c1-9-18(6,17-15(23)14-16(22)28-17)29-32(27,33)19(7,10-2)21(12-4,13-5)30-31(25,26)20(8,24)11-3/h15-17,23-24H,9-14H2,1-8H3,(H,25,26)(H,27,33). The highest BCUT2D eigenvalue weighted by atomic mass is 32.5. The summed E-state index contributed by atoms with van der Waals surface area (Å²) >= 11 is 5.75. The van der Waals surface area contributed by atoms with Gasteiger partial charge in [0.2, 0.25) is 0 Å². The summed E-state index contributed by atoms with van der Waals surface area (Å²) in [6.45, 7) is 9.70. The maximum absolute atomic E-state index is 13.2. The summed E-state index contributed by atoms with van der Waals surface area (Å²) in [6, 6.07) is -0.654. The van der Waals surface area contributed by atoms with E-state index in [4.69, 9.17) is 33.4 Å². The molecule has 2 radical (unpaired) electrons. The Hall–Kier alpha value is 0.665. The number of rotatable bonds is 13. The van der Waals surface area contributed by atoms with E-state index in [-0.39, 0.29) is 32.1 Å². The molecule has 1 rings (SSSR count). The highest BCUT2D eigenvalue weighted by Crippen LogP contribution is 2.70. The van der Waals surface area contributed by atoms with Crippen molar-refractivity contribution < 1.29 is 38.3 Å². The van der Waals surface area contributed by atoms with Crippen LogP contribution in [0.5, 0.6) is 0 Å². The third-order valence-electron chi connectivity index (χ3n) is 7.79. The Morgan fingerprint density at radius 1 is 1.00 bits per heavy atom. The average molecular weight is 528 g/mol. The summed E-state index contributed by atoms with van der Waals surface area (Å²) < 4.78 is 31.1. The number of hydrogen-bond donors (Lipinski definition) is 4. The van der Waals surface area contributed by atoms with Crippen LogP contribution in [0.2, 0.25) is 0 Å². The molecule has 4 N–H and O–H groups in total. The summed E-state index contributed by atoms with van der Waals surface area (Å²) in [7, 11) is 1.31. The van der Waals surface area contributed by atoms with Gasteiger partial charge in [0.25, 0.3) is 0 Å². The van der Waals surface area contributed by atoms with Crippen LogP contribution in [0.3, 0.4) is 0 Å². The van der Waals surface area contributed by atoms with Crippen molar-refractivity contribution in [2.75, 3.05) is 0 Å². The molecule has 0 saturated carbocycles. The summed E-state index contributed by atoms with van der Waals surface area (Å²) in [5, 5.41) is 17.8. The van der Waals surface area contributed by atoms with Gasteiger partial charge in [-0.2, -0.15) is 0 Å².